The fourth-order valence-corrected chi connectivity index (χ4v) is 2.60. The number of benzene rings is 1. The van der Waals surface area contributed by atoms with E-state index in [1.165, 1.54) is 24.3 Å². The quantitative estimate of drug-likeness (QED) is 0.824. The van der Waals surface area contributed by atoms with Gasteiger partial charge in [-0.25, -0.2) is 0 Å². The lowest BCUT2D eigenvalue weighted by Crippen LogP contribution is -2.48. The number of aromatic nitrogens is 2. The van der Waals surface area contributed by atoms with Crippen molar-refractivity contribution in [1.29, 1.82) is 0 Å². The van der Waals surface area contributed by atoms with E-state index < -0.39 is 11.7 Å². The number of nitrogens with zero attached hydrogens (tertiary/aromatic N) is 4. The predicted molar refractivity (Wildman–Crippen MR) is 90.3 cm³/mol. The van der Waals surface area contributed by atoms with Crippen LogP contribution in [0.5, 0.6) is 0 Å². The van der Waals surface area contributed by atoms with Crippen LogP contribution in [0, 0.1) is 0 Å². The average Bonchev–Trinajstić information content (AvgIpc) is 2.68. The molecule has 10 heteroatoms. The van der Waals surface area contributed by atoms with E-state index in [1.54, 1.807) is 9.80 Å². The summed E-state index contributed by atoms with van der Waals surface area (Å²) in [7, 11) is 0. The fraction of sp³-hybridized carbons (Fsp3) is 0.294. The van der Waals surface area contributed by atoms with E-state index in [0.717, 1.165) is 18.5 Å². The number of piperazine rings is 1. The summed E-state index contributed by atoms with van der Waals surface area (Å²) in [5.74, 6) is 0.0196. The largest absolute Gasteiger partial charge is 0.416 e. The molecule has 2 amide bonds. The number of anilines is 2. The molecule has 3 rings (SSSR count). The van der Waals surface area contributed by atoms with Crippen LogP contribution in [-0.4, -0.2) is 58.5 Å². The van der Waals surface area contributed by atoms with Gasteiger partial charge in [-0.1, -0.05) is 0 Å². The zero-order valence-corrected chi connectivity index (χ0v) is 14.1. The van der Waals surface area contributed by atoms with Crippen LogP contribution in [0.25, 0.3) is 0 Å². The van der Waals surface area contributed by atoms with Crippen LogP contribution in [-0.2, 0) is 11.0 Å². The van der Waals surface area contributed by atoms with E-state index in [4.69, 9.17) is 0 Å². The molecule has 0 saturated carbocycles. The molecule has 1 N–H and O–H groups in total. The highest BCUT2D eigenvalue weighted by molar-refractivity contribution is 5.92. The lowest BCUT2D eigenvalue weighted by atomic mass is 10.2. The predicted octanol–water partition coefficient (Wildman–Crippen LogP) is 2.15. The van der Waals surface area contributed by atoms with Gasteiger partial charge in [-0.3, -0.25) is 9.59 Å². The van der Waals surface area contributed by atoms with E-state index in [2.05, 4.69) is 15.5 Å². The Hall–Kier alpha value is -3.17. The van der Waals surface area contributed by atoms with Gasteiger partial charge in [0.2, 0.25) is 6.41 Å². The maximum absolute atomic E-state index is 12.6. The lowest BCUT2D eigenvalue weighted by molar-refractivity contribution is -0.137. The maximum atomic E-state index is 12.6. The Bertz CT molecular complexity index is 801. The van der Waals surface area contributed by atoms with Crippen molar-refractivity contribution >= 4 is 23.8 Å². The SMILES string of the molecule is O=CN1CCN(C(=O)c2ccc(Nc3ccc(C(F)(F)F)cc3)nn2)CC1. The molecular weight excluding hydrogens is 363 g/mol. The molecule has 7 nitrogen and oxygen atoms in total. The van der Waals surface area contributed by atoms with Gasteiger partial charge >= 0.3 is 6.18 Å². The molecule has 1 aliphatic rings. The van der Waals surface area contributed by atoms with Crippen molar-refractivity contribution in [2.24, 2.45) is 0 Å². The van der Waals surface area contributed by atoms with E-state index >= 15 is 0 Å². The van der Waals surface area contributed by atoms with Crippen molar-refractivity contribution in [3.8, 4) is 0 Å². The highest BCUT2D eigenvalue weighted by Gasteiger charge is 2.30. The molecule has 27 heavy (non-hydrogen) atoms. The first-order chi connectivity index (χ1) is 12.9. The number of hydrogen-bond acceptors (Lipinski definition) is 5. The average molecular weight is 379 g/mol. The fourth-order valence-electron chi connectivity index (χ4n) is 2.60. The van der Waals surface area contributed by atoms with E-state index in [-0.39, 0.29) is 11.6 Å². The Morgan fingerprint density at radius 1 is 1.00 bits per heavy atom. The minimum absolute atomic E-state index is 0.160. The minimum atomic E-state index is -4.39. The van der Waals surface area contributed by atoms with E-state index in [0.29, 0.717) is 37.7 Å². The number of carbonyl (C=O) groups is 2. The number of halogens is 3. The molecule has 1 saturated heterocycles. The third kappa shape index (κ3) is 4.52. The van der Waals surface area contributed by atoms with Crippen LogP contribution in [0.4, 0.5) is 24.7 Å². The van der Waals surface area contributed by atoms with Gasteiger partial charge < -0.3 is 15.1 Å². The second-order valence-corrected chi connectivity index (χ2v) is 5.94. The molecule has 0 aliphatic carbocycles. The van der Waals surface area contributed by atoms with Gasteiger partial charge in [-0.2, -0.15) is 13.2 Å². The van der Waals surface area contributed by atoms with Gasteiger partial charge in [0.05, 0.1) is 5.56 Å². The maximum Gasteiger partial charge on any atom is 0.416 e. The third-order valence-corrected chi connectivity index (χ3v) is 4.12. The van der Waals surface area contributed by atoms with Crippen LogP contribution in [0.15, 0.2) is 36.4 Å². The van der Waals surface area contributed by atoms with Gasteiger partial charge in [0.1, 0.15) is 0 Å². The molecule has 0 atom stereocenters. The standard InChI is InChI=1S/C17H16F3N5O2/c18-17(19,20)12-1-3-13(4-2-12)21-15-6-5-14(22-23-15)16(27)25-9-7-24(11-26)8-10-25/h1-6,11H,7-10H2,(H,21,23). The number of rotatable bonds is 4. The molecule has 1 aromatic carbocycles. The highest BCUT2D eigenvalue weighted by Crippen LogP contribution is 2.30. The van der Waals surface area contributed by atoms with Gasteiger partial charge in [-0.15, -0.1) is 10.2 Å². The van der Waals surface area contributed by atoms with Crippen LogP contribution >= 0.6 is 0 Å². The third-order valence-electron chi connectivity index (χ3n) is 4.12. The summed E-state index contributed by atoms with van der Waals surface area (Å²) in [6, 6.07) is 7.53. The van der Waals surface area contributed by atoms with Crippen molar-refractivity contribution < 1.29 is 22.8 Å². The van der Waals surface area contributed by atoms with Crippen molar-refractivity contribution in [3.63, 3.8) is 0 Å². The summed E-state index contributed by atoms with van der Waals surface area (Å²) in [6.45, 7) is 1.78. The first kappa shape index (κ1) is 18.6. The number of alkyl halides is 3. The molecular formula is C17H16F3N5O2. The van der Waals surface area contributed by atoms with Gasteiger partial charge in [0.25, 0.3) is 5.91 Å². The van der Waals surface area contributed by atoms with E-state index in [1.807, 2.05) is 0 Å². The summed E-state index contributed by atoms with van der Waals surface area (Å²) < 4.78 is 37.7. The molecule has 1 aliphatic heterocycles. The van der Waals surface area contributed by atoms with Crippen molar-refractivity contribution in [3.05, 3.63) is 47.7 Å². The first-order valence-corrected chi connectivity index (χ1v) is 8.13. The van der Waals surface area contributed by atoms with Crippen molar-refractivity contribution in [2.75, 3.05) is 31.5 Å². The Morgan fingerprint density at radius 3 is 2.19 bits per heavy atom. The second-order valence-electron chi connectivity index (χ2n) is 5.94. The smallest absolute Gasteiger partial charge is 0.342 e. The molecule has 1 fully saturated rings. The van der Waals surface area contributed by atoms with Crippen LogP contribution < -0.4 is 5.32 Å². The summed E-state index contributed by atoms with van der Waals surface area (Å²) in [5, 5.41) is 10.6. The Morgan fingerprint density at radius 2 is 1.67 bits per heavy atom. The monoisotopic (exact) mass is 379 g/mol. The first-order valence-electron chi connectivity index (χ1n) is 8.13. The van der Waals surface area contributed by atoms with Gasteiger partial charge in [-0.05, 0) is 36.4 Å². The topological polar surface area (TPSA) is 78.4 Å². The Labute approximate surface area is 152 Å². The Balaban J connectivity index is 1.62. The van der Waals surface area contributed by atoms with Crippen LogP contribution in [0.3, 0.4) is 0 Å². The zero-order valence-electron chi connectivity index (χ0n) is 14.1. The Kier molecular flexibility index (Phi) is 5.24. The minimum Gasteiger partial charge on any atom is -0.342 e. The van der Waals surface area contributed by atoms with Crippen molar-refractivity contribution in [1.82, 2.24) is 20.0 Å². The molecule has 0 radical (unpaired) electrons. The summed E-state index contributed by atoms with van der Waals surface area (Å²) in [6.07, 6.45) is -3.64. The second kappa shape index (κ2) is 7.60. The number of amides is 2. The van der Waals surface area contributed by atoms with Gasteiger partial charge in [0.15, 0.2) is 11.5 Å². The number of nitrogens with one attached hydrogen (secondary N) is 1. The molecule has 1 aromatic heterocycles. The normalized spacial score (nSPS) is 14.8. The lowest BCUT2D eigenvalue weighted by Gasteiger charge is -2.32. The number of carbonyl (C=O) groups excluding carboxylic acids is 2. The molecule has 0 bridgehead atoms. The summed E-state index contributed by atoms with van der Waals surface area (Å²) >= 11 is 0. The molecule has 2 aromatic rings. The van der Waals surface area contributed by atoms with E-state index in [9.17, 15) is 22.8 Å². The summed E-state index contributed by atoms with van der Waals surface area (Å²) in [5.41, 5.74) is -0.163. The van der Waals surface area contributed by atoms with Gasteiger partial charge in [0, 0.05) is 31.9 Å². The molecule has 142 valence electrons. The van der Waals surface area contributed by atoms with Crippen LogP contribution in [0.1, 0.15) is 16.1 Å². The van der Waals surface area contributed by atoms with Crippen molar-refractivity contribution in [2.45, 2.75) is 6.18 Å². The molecule has 0 spiro atoms. The zero-order chi connectivity index (χ0) is 19.4. The highest BCUT2D eigenvalue weighted by atomic mass is 19.4. The summed E-state index contributed by atoms with van der Waals surface area (Å²) in [4.78, 5) is 26.3. The van der Waals surface area contributed by atoms with Crippen LogP contribution in [0.2, 0.25) is 0 Å². The number of hydrogen-bond donors (Lipinski definition) is 1. The molecule has 0 unspecified atom stereocenters. The molecule has 2 heterocycles.